The van der Waals surface area contributed by atoms with E-state index in [-0.39, 0.29) is 18.8 Å². The summed E-state index contributed by atoms with van der Waals surface area (Å²) in [5.74, 6) is 1.15. The number of H-pyrrole nitrogens is 1. The number of nitrogens with two attached hydrogens (primary N) is 1. The summed E-state index contributed by atoms with van der Waals surface area (Å²) >= 11 is 0. The minimum Gasteiger partial charge on any atom is -0.496 e. The Morgan fingerprint density at radius 2 is 2.09 bits per heavy atom. The molecule has 176 valence electrons. The largest absolute Gasteiger partial charge is 0.496 e. The quantitative estimate of drug-likeness (QED) is 0.282. The molecule has 0 fully saturated rings. The van der Waals surface area contributed by atoms with Gasteiger partial charge in [-0.05, 0) is 23.6 Å². The van der Waals surface area contributed by atoms with Crippen molar-refractivity contribution in [1.82, 2.24) is 30.6 Å². The van der Waals surface area contributed by atoms with Gasteiger partial charge in [-0.3, -0.25) is 4.79 Å². The minimum atomic E-state index is -0.893. The van der Waals surface area contributed by atoms with E-state index in [2.05, 4.69) is 42.8 Å². The van der Waals surface area contributed by atoms with Crippen molar-refractivity contribution in [3.05, 3.63) is 46.4 Å². The van der Waals surface area contributed by atoms with Crippen LogP contribution < -0.4 is 15.8 Å². The summed E-state index contributed by atoms with van der Waals surface area (Å²) in [6, 6.07) is 5.87. The molecule has 0 radical (unpaired) electrons. The average Bonchev–Trinajstić information content (AvgIpc) is 3.30. The molecule has 0 aliphatic rings. The molecular weight excluding hydrogens is 424 g/mol. The van der Waals surface area contributed by atoms with E-state index in [0.717, 1.165) is 42.5 Å². The van der Waals surface area contributed by atoms with Crippen molar-refractivity contribution in [1.29, 1.82) is 0 Å². The number of aromatic amines is 1. The molecule has 0 spiro atoms. The van der Waals surface area contributed by atoms with Crippen LogP contribution in [0.25, 0.3) is 0 Å². The van der Waals surface area contributed by atoms with Gasteiger partial charge in [0.1, 0.15) is 11.6 Å². The maximum atomic E-state index is 11.2. The Morgan fingerprint density at radius 3 is 2.79 bits per heavy atom. The normalized spacial score (nSPS) is 10.8. The lowest BCUT2D eigenvalue weighted by Gasteiger charge is -2.17. The first kappa shape index (κ1) is 23.9. The molecule has 0 unspecified atom stereocenters. The summed E-state index contributed by atoms with van der Waals surface area (Å²) in [4.78, 5) is 20.0. The number of carboxylic acids is 1. The Bertz CT molecular complexity index is 1060. The number of hydrogen-bond donors (Lipinski definition) is 4. The number of benzene rings is 1. The number of carbonyl (C=O) groups is 1. The molecule has 0 amide bonds. The van der Waals surface area contributed by atoms with Gasteiger partial charge in [0.25, 0.3) is 0 Å². The fourth-order valence-corrected chi connectivity index (χ4v) is 3.61. The Morgan fingerprint density at radius 1 is 1.24 bits per heavy atom. The van der Waals surface area contributed by atoms with E-state index >= 15 is 0 Å². The number of carboxylic acid groups (broad SMARTS) is 1. The summed E-state index contributed by atoms with van der Waals surface area (Å²) < 4.78 is 5.59. The van der Waals surface area contributed by atoms with Crippen molar-refractivity contribution < 1.29 is 14.6 Å². The Kier molecular flexibility index (Phi) is 8.50. The van der Waals surface area contributed by atoms with Gasteiger partial charge in [0.05, 0.1) is 19.2 Å². The molecule has 11 nitrogen and oxygen atoms in total. The number of nitrogens with one attached hydrogen (secondary N) is 2. The highest BCUT2D eigenvalue weighted by atomic mass is 16.5. The van der Waals surface area contributed by atoms with E-state index in [0.29, 0.717) is 35.9 Å². The van der Waals surface area contributed by atoms with Crippen LogP contribution in [0.15, 0.2) is 18.2 Å². The lowest BCUT2D eigenvalue weighted by molar-refractivity contribution is -0.136. The number of nitrogen functional groups attached to an aromatic ring is 1. The van der Waals surface area contributed by atoms with Gasteiger partial charge in [0.15, 0.2) is 5.82 Å². The molecule has 3 aromatic rings. The molecule has 5 N–H and O–H groups in total. The molecule has 3 rings (SSSR count). The van der Waals surface area contributed by atoms with E-state index in [1.807, 2.05) is 18.2 Å². The number of ether oxygens (including phenoxy) is 1. The number of nitrogens with zero attached hydrogens (tertiary/aromatic N) is 5. The van der Waals surface area contributed by atoms with Crippen LogP contribution in [0, 0.1) is 0 Å². The third kappa shape index (κ3) is 6.86. The maximum Gasteiger partial charge on any atom is 0.303 e. The highest BCUT2D eigenvalue weighted by Crippen LogP contribution is 2.29. The van der Waals surface area contributed by atoms with Crippen molar-refractivity contribution in [3.63, 3.8) is 0 Å². The SMILES string of the molecule is CCCCCNc1nc(N)nc(CCC(=O)O)c1Cc1cc(Cc2nn[nH]n2)ccc1OC. The summed E-state index contributed by atoms with van der Waals surface area (Å²) in [5, 5.41) is 26.7. The van der Waals surface area contributed by atoms with Crippen molar-refractivity contribution >= 4 is 17.7 Å². The summed E-state index contributed by atoms with van der Waals surface area (Å²) in [6.45, 7) is 2.89. The number of aryl methyl sites for hydroxylation is 1. The number of rotatable bonds is 13. The summed E-state index contributed by atoms with van der Waals surface area (Å²) in [5.41, 5.74) is 9.30. The predicted molar refractivity (Wildman–Crippen MR) is 123 cm³/mol. The smallest absolute Gasteiger partial charge is 0.303 e. The Hall–Kier alpha value is -3.76. The Labute approximate surface area is 192 Å². The van der Waals surface area contributed by atoms with Crippen LogP contribution in [0.3, 0.4) is 0 Å². The van der Waals surface area contributed by atoms with Crippen LogP contribution in [0.4, 0.5) is 11.8 Å². The number of unbranched alkanes of at least 4 members (excludes halogenated alkanes) is 2. The fraction of sp³-hybridized carbons (Fsp3) is 0.455. The van der Waals surface area contributed by atoms with Crippen molar-refractivity contribution in [2.45, 2.75) is 51.9 Å². The van der Waals surface area contributed by atoms with Gasteiger partial charge in [-0.25, -0.2) is 4.98 Å². The monoisotopic (exact) mass is 454 g/mol. The average molecular weight is 455 g/mol. The zero-order chi connectivity index (χ0) is 23.6. The zero-order valence-corrected chi connectivity index (χ0v) is 19.0. The van der Waals surface area contributed by atoms with Gasteiger partial charge in [0, 0.05) is 31.4 Å². The first-order valence-electron chi connectivity index (χ1n) is 11.0. The van der Waals surface area contributed by atoms with E-state index in [4.69, 9.17) is 10.5 Å². The van der Waals surface area contributed by atoms with Crippen LogP contribution in [-0.4, -0.2) is 55.3 Å². The molecule has 0 atom stereocenters. The van der Waals surface area contributed by atoms with Crippen LogP contribution in [0.5, 0.6) is 5.75 Å². The number of aliphatic carboxylic acids is 1. The van der Waals surface area contributed by atoms with Crippen molar-refractivity contribution in [2.24, 2.45) is 0 Å². The predicted octanol–water partition coefficient (Wildman–Crippen LogP) is 2.38. The van der Waals surface area contributed by atoms with Crippen molar-refractivity contribution in [2.75, 3.05) is 24.7 Å². The zero-order valence-electron chi connectivity index (χ0n) is 19.0. The number of tetrazole rings is 1. The van der Waals surface area contributed by atoms with Crippen LogP contribution >= 0.6 is 0 Å². The highest BCUT2D eigenvalue weighted by Gasteiger charge is 2.18. The standard InChI is InChI=1S/C22H30N8O3/c1-3-4-5-10-24-21-16(17(7-9-20(31)32)25-22(23)26-21)13-15-11-14(6-8-18(15)33-2)12-19-27-29-30-28-19/h6,8,11H,3-5,7,9-10,12-13H2,1-2H3,(H,31,32)(H3,23,24,25,26)(H,27,28,29,30). The molecule has 33 heavy (non-hydrogen) atoms. The molecule has 0 bridgehead atoms. The second-order valence-corrected chi connectivity index (χ2v) is 7.71. The topological polar surface area (TPSA) is 165 Å². The number of anilines is 2. The van der Waals surface area contributed by atoms with Gasteiger partial charge in [0.2, 0.25) is 5.95 Å². The number of aromatic nitrogens is 6. The van der Waals surface area contributed by atoms with E-state index < -0.39 is 5.97 Å². The minimum absolute atomic E-state index is 0.0479. The molecule has 0 aliphatic heterocycles. The molecule has 2 heterocycles. The first-order valence-corrected chi connectivity index (χ1v) is 11.0. The highest BCUT2D eigenvalue weighted by molar-refractivity contribution is 5.67. The lowest BCUT2D eigenvalue weighted by atomic mass is 9.98. The molecule has 11 heteroatoms. The van der Waals surface area contributed by atoms with Gasteiger partial charge in [-0.1, -0.05) is 37.1 Å². The number of hydrogen-bond acceptors (Lipinski definition) is 9. The van der Waals surface area contributed by atoms with Crippen LogP contribution in [0.2, 0.25) is 0 Å². The van der Waals surface area contributed by atoms with Gasteiger partial charge in [-0.15, -0.1) is 10.2 Å². The third-order valence-corrected chi connectivity index (χ3v) is 5.22. The van der Waals surface area contributed by atoms with E-state index in [9.17, 15) is 9.90 Å². The molecular formula is C22H30N8O3. The summed E-state index contributed by atoms with van der Waals surface area (Å²) in [7, 11) is 1.62. The molecule has 1 aromatic carbocycles. The maximum absolute atomic E-state index is 11.2. The Balaban J connectivity index is 1.95. The van der Waals surface area contributed by atoms with Crippen molar-refractivity contribution in [3.8, 4) is 5.75 Å². The lowest BCUT2D eigenvalue weighted by Crippen LogP contribution is -2.14. The van der Waals surface area contributed by atoms with E-state index in [1.54, 1.807) is 7.11 Å². The summed E-state index contributed by atoms with van der Waals surface area (Å²) in [6.07, 6.45) is 4.37. The first-order chi connectivity index (χ1) is 16.0. The number of methoxy groups -OCH3 is 1. The second kappa shape index (κ2) is 11.7. The second-order valence-electron chi connectivity index (χ2n) is 7.71. The molecule has 0 saturated carbocycles. The van der Waals surface area contributed by atoms with Gasteiger partial charge in [-0.2, -0.15) is 10.2 Å². The molecule has 0 aliphatic carbocycles. The molecule has 0 saturated heterocycles. The fourth-order valence-electron chi connectivity index (χ4n) is 3.61. The van der Waals surface area contributed by atoms with Gasteiger partial charge < -0.3 is 20.9 Å². The van der Waals surface area contributed by atoms with Crippen LogP contribution in [0.1, 0.15) is 60.8 Å². The third-order valence-electron chi connectivity index (χ3n) is 5.22. The van der Waals surface area contributed by atoms with Gasteiger partial charge >= 0.3 is 5.97 Å². The van der Waals surface area contributed by atoms with E-state index in [1.165, 1.54) is 0 Å². The van der Waals surface area contributed by atoms with Crippen LogP contribution in [-0.2, 0) is 24.1 Å². The molecule has 2 aromatic heterocycles.